The lowest BCUT2D eigenvalue weighted by Crippen LogP contribution is -2.57. The van der Waals surface area contributed by atoms with Gasteiger partial charge in [-0.15, -0.1) is 0 Å². The van der Waals surface area contributed by atoms with E-state index in [0.29, 0.717) is 22.3 Å². The van der Waals surface area contributed by atoms with Crippen LogP contribution in [0.25, 0.3) is 0 Å². The number of hydrogen-bond acceptors (Lipinski definition) is 5. The topological polar surface area (TPSA) is 101 Å². The molecule has 4 aliphatic rings. The van der Waals surface area contributed by atoms with Crippen LogP contribution in [-0.2, 0) is 15.1 Å². The van der Waals surface area contributed by atoms with Crippen LogP contribution < -0.4 is 4.90 Å². The largest absolute Gasteiger partial charge is 0.506 e. The fourth-order valence-corrected chi connectivity index (χ4v) is 5.93. The third kappa shape index (κ3) is 1.89. The molecule has 0 aromatic heterocycles. The van der Waals surface area contributed by atoms with Gasteiger partial charge in [0.05, 0.1) is 11.6 Å². The van der Waals surface area contributed by atoms with Crippen LogP contribution in [-0.4, -0.2) is 21.8 Å². The van der Waals surface area contributed by atoms with Crippen LogP contribution in [0.4, 0.5) is 5.69 Å². The number of benzene rings is 3. The van der Waals surface area contributed by atoms with Gasteiger partial charge < -0.3 is 5.11 Å². The minimum absolute atomic E-state index is 0.0536. The maximum atomic E-state index is 13.7. The number of rotatable bonds is 2. The van der Waals surface area contributed by atoms with Crippen LogP contribution in [0.5, 0.6) is 5.75 Å². The molecule has 1 fully saturated rings. The Labute approximate surface area is 176 Å². The van der Waals surface area contributed by atoms with Crippen molar-refractivity contribution in [2.45, 2.75) is 11.5 Å². The van der Waals surface area contributed by atoms with Gasteiger partial charge in [-0.05, 0) is 23.3 Å². The van der Waals surface area contributed by atoms with Crippen LogP contribution in [0.1, 0.15) is 28.2 Å². The SMILES string of the molecule is O=C1[C@H]2C3c4ccccc4C([N+](=O)[O-])(c4ccccc43)[C@H]2C(=O)N1c1ccccc1O. The number of para-hydroxylation sites is 2. The Morgan fingerprint density at radius 1 is 0.839 bits per heavy atom. The van der Waals surface area contributed by atoms with E-state index in [1.54, 1.807) is 48.5 Å². The van der Waals surface area contributed by atoms with E-state index in [0.717, 1.165) is 4.90 Å². The summed E-state index contributed by atoms with van der Waals surface area (Å²) in [5.74, 6) is -3.96. The number of hydrogen-bond donors (Lipinski definition) is 1. The van der Waals surface area contributed by atoms with Gasteiger partial charge in [-0.2, -0.15) is 0 Å². The number of anilines is 1. The van der Waals surface area contributed by atoms with Crippen LogP contribution in [0.15, 0.2) is 72.8 Å². The molecule has 0 spiro atoms. The molecular formula is C24H16N2O5. The molecule has 1 heterocycles. The van der Waals surface area contributed by atoms with Crippen molar-refractivity contribution >= 4 is 17.5 Å². The smallest absolute Gasteiger partial charge is 0.285 e. The fourth-order valence-electron chi connectivity index (χ4n) is 5.93. The van der Waals surface area contributed by atoms with E-state index in [1.807, 2.05) is 12.1 Å². The first kappa shape index (κ1) is 17.8. The molecule has 0 saturated carbocycles. The molecule has 7 rings (SSSR count). The lowest BCUT2D eigenvalue weighted by atomic mass is 9.51. The Morgan fingerprint density at radius 3 is 1.97 bits per heavy atom. The number of carbonyl (C=O) groups excluding carboxylic acids is 2. The van der Waals surface area contributed by atoms with Gasteiger partial charge >= 0.3 is 0 Å². The van der Waals surface area contributed by atoms with E-state index in [-0.39, 0.29) is 11.4 Å². The van der Waals surface area contributed by atoms with Crippen LogP contribution in [0, 0.1) is 22.0 Å². The Bertz CT molecular complexity index is 1270. The van der Waals surface area contributed by atoms with Crippen molar-refractivity contribution in [1.82, 2.24) is 0 Å². The number of nitrogens with zero attached hydrogens (tertiary/aromatic N) is 2. The number of aromatic hydroxyl groups is 1. The molecule has 2 atom stereocenters. The summed E-state index contributed by atoms with van der Waals surface area (Å²) in [7, 11) is 0. The summed E-state index contributed by atoms with van der Waals surface area (Å²) in [6.07, 6.45) is 0. The molecule has 0 unspecified atom stereocenters. The van der Waals surface area contributed by atoms with Gasteiger partial charge in [0.25, 0.3) is 5.54 Å². The van der Waals surface area contributed by atoms with E-state index in [4.69, 9.17) is 0 Å². The summed E-state index contributed by atoms with van der Waals surface area (Å²) in [6.45, 7) is 0. The van der Waals surface area contributed by atoms with Crippen molar-refractivity contribution < 1.29 is 19.6 Å². The number of phenolic OH excluding ortho intramolecular Hbond substituents is 1. The molecule has 3 aromatic rings. The van der Waals surface area contributed by atoms with E-state index in [1.165, 1.54) is 12.1 Å². The number of nitro groups is 1. The number of carbonyl (C=O) groups is 2. The van der Waals surface area contributed by atoms with Crippen molar-refractivity contribution in [3.63, 3.8) is 0 Å². The standard InChI is InChI=1S/C24H16N2O5/c27-18-12-6-5-11-17(18)25-22(28)20-19-13-7-1-3-9-15(13)24(26(30)31,21(20)23(25)29)16-10-4-2-8-14(16)19/h1-12,19-21,27H/t19?,20-,21+,24?/m0/s1. The zero-order chi connectivity index (χ0) is 21.5. The van der Waals surface area contributed by atoms with Crippen molar-refractivity contribution in [2.24, 2.45) is 11.8 Å². The Balaban J connectivity index is 1.69. The average molecular weight is 412 g/mol. The molecule has 3 aliphatic carbocycles. The molecule has 1 N–H and O–H groups in total. The second-order valence-corrected chi connectivity index (χ2v) is 8.18. The van der Waals surface area contributed by atoms with Crippen molar-refractivity contribution in [1.29, 1.82) is 0 Å². The summed E-state index contributed by atoms with van der Waals surface area (Å²) in [5.41, 5.74) is 0.533. The third-order valence-electron chi connectivity index (χ3n) is 6.98. The Kier molecular flexibility index (Phi) is 3.33. The van der Waals surface area contributed by atoms with Gasteiger partial charge in [0.1, 0.15) is 11.7 Å². The van der Waals surface area contributed by atoms with E-state index < -0.39 is 40.0 Å². The van der Waals surface area contributed by atoms with Gasteiger partial charge in [0, 0.05) is 22.0 Å². The van der Waals surface area contributed by atoms with E-state index >= 15 is 0 Å². The monoisotopic (exact) mass is 412 g/mol. The van der Waals surface area contributed by atoms with Crippen molar-refractivity contribution in [2.75, 3.05) is 4.90 Å². The predicted octanol–water partition coefficient (Wildman–Crippen LogP) is 3.18. The predicted molar refractivity (Wildman–Crippen MR) is 110 cm³/mol. The maximum Gasteiger partial charge on any atom is 0.285 e. The minimum Gasteiger partial charge on any atom is -0.506 e. The van der Waals surface area contributed by atoms with Crippen LogP contribution in [0.2, 0.25) is 0 Å². The minimum atomic E-state index is -1.86. The van der Waals surface area contributed by atoms with E-state index in [2.05, 4.69) is 0 Å². The molecule has 7 heteroatoms. The zero-order valence-corrected chi connectivity index (χ0v) is 16.1. The molecule has 1 saturated heterocycles. The fraction of sp³-hybridized carbons (Fsp3) is 0.167. The van der Waals surface area contributed by atoms with Crippen molar-refractivity contribution in [3.8, 4) is 5.75 Å². The number of imide groups is 1. The third-order valence-corrected chi connectivity index (χ3v) is 6.98. The van der Waals surface area contributed by atoms with Crippen LogP contribution in [0.3, 0.4) is 0 Å². The zero-order valence-electron chi connectivity index (χ0n) is 16.1. The van der Waals surface area contributed by atoms with Gasteiger partial charge in [0.2, 0.25) is 11.8 Å². The Morgan fingerprint density at radius 2 is 1.39 bits per heavy atom. The number of amides is 2. The molecule has 3 aromatic carbocycles. The van der Waals surface area contributed by atoms with Crippen LogP contribution >= 0.6 is 0 Å². The highest BCUT2D eigenvalue weighted by atomic mass is 16.6. The summed E-state index contributed by atoms with van der Waals surface area (Å²) < 4.78 is 0. The summed E-state index contributed by atoms with van der Waals surface area (Å²) in [5, 5.41) is 23.2. The summed E-state index contributed by atoms with van der Waals surface area (Å²) >= 11 is 0. The maximum absolute atomic E-state index is 13.7. The lowest BCUT2D eigenvalue weighted by Gasteiger charge is -2.48. The first-order chi connectivity index (χ1) is 15.0. The molecule has 0 radical (unpaired) electrons. The quantitative estimate of drug-likeness (QED) is 0.396. The van der Waals surface area contributed by atoms with Gasteiger partial charge in [0.15, 0.2) is 0 Å². The molecule has 2 amide bonds. The van der Waals surface area contributed by atoms with E-state index in [9.17, 15) is 24.8 Å². The Hall–Kier alpha value is -4.00. The lowest BCUT2D eigenvalue weighted by molar-refractivity contribution is -0.578. The molecule has 7 nitrogen and oxygen atoms in total. The van der Waals surface area contributed by atoms with Gasteiger partial charge in [-0.1, -0.05) is 60.7 Å². The molecule has 152 valence electrons. The normalized spacial score (nSPS) is 27.6. The highest BCUT2D eigenvalue weighted by Gasteiger charge is 2.74. The van der Waals surface area contributed by atoms with Crippen molar-refractivity contribution in [3.05, 3.63) is 105 Å². The molecule has 31 heavy (non-hydrogen) atoms. The molecule has 2 bridgehead atoms. The highest BCUT2D eigenvalue weighted by Crippen LogP contribution is 2.64. The summed E-state index contributed by atoms with van der Waals surface area (Å²) in [4.78, 5) is 40.7. The number of phenols is 1. The molecule has 1 aliphatic heterocycles. The average Bonchev–Trinajstić information content (AvgIpc) is 3.05. The first-order valence-electron chi connectivity index (χ1n) is 9.98. The molecular weight excluding hydrogens is 396 g/mol. The van der Waals surface area contributed by atoms with Gasteiger partial charge in [-0.3, -0.25) is 19.7 Å². The summed E-state index contributed by atoms with van der Waals surface area (Å²) in [6, 6.07) is 20.1. The first-order valence-corrected chi connectivity index (χ1v) is 9.98. The second kappa shape index (κ2) is 5.78. The highest BCUT2D eigenvalue weighted by molar-refractivity contribution is 6.24. The second-order valence-electron chi connectivity index (χ2n) is 8.18. The van der Waals surface area contributed by atoms with Gasteiger partial charge in [-0.25, -0.2) is 4.90 Å².